The molecule has 1 amide bonds. The molecule has 0 saturated heterocycles. The van der Waals surface area contributed by atoms with E-state index in [2.05, 4.69) is 5.32 Å². The van der Waals surface area contributed by atoms with Gasteiger partial charge in [-0.25, -0.2) is 0 Å². The number of ether oxygens (including phenoxy) is 3. The van der Waals surface area contributed by atoms with Crippen molar-refractivity contribution in [3.8, 4) is 5.75 Å². The van der Waals surface area contributed by atoms with Gasteiger partial charge < -0.3 is 19.5 Å². The van der Waals surface area contributed by atoms with E-state index in [-0.39, 0.29) is 12.5 Å². The SMILES string of the molecule is CCOC(COc1ccccc1NC(=O)c1ccccc1)OCC. The summed E-state index contributed by atoms with van der Waals surface area (Å²) in [6, 6.07) is 16.3. The molecule has 0 aromatic heterocycles. The van der Waals surface area contributed by atoms with Crippen molar-refractivity contribution in [2.24, 2.45) is 0 Å². The van der Waals surface area contributed by atoms with E-state index in [1.54, 1.807) is 24.3 Å². The molecule has 2 aromatic carbocycles. The number of nitrogens with one attached hydrogen (secondary N) is 1. The molecule has 0 bridgehead atoms. The molecule has 0 heterocycles. The molecule has 1 N–H and O–H groups in total. The Morgan fingerprint density at radius 1 is 0.958 bits per heavy atom. The number of carbonyl (C=O) groups is 1. The van der Waals surface area contributed by atoms with Crippen molar-refractivity contribution in [2.75, 3.05) is 25.1 Å². The smallest absolute Gasteiger partial charge is 0.255 e. The molecule has 5 heteroatoms. The molecule has 0 spiro atoms. The van der Waals surface area contributed by atoms with Crippen LogP contribution in [0.2, 0.25) is 0 Å². The van der Waals surface area contributed by atoms with Crippen molar-refractivity contribution in [3.63, 3.8) is 0 Å². The number of hydrogen-bond acceptors (Lipinski definition) is 4. The molecule has 0 saturated carbocycles. The fourth-order valence-corrected chi connectivity index (χ4v) is 2.15. The molecule has 0 radical (unpaired) electrons. The van der Waals surface area contributed by atoms with Gasteiger partial charge in [0, 0.05) is 18.8 Å². The Morgan fingerprint density at radius 2 is 1.58 bits per heavy atom. The average molecular weight is 329 g/mol. The second kappa shape index (κ2) is 9.70. The number of rotatable bonds is 9. The third-order valence-electron chi connectivity index (χ3n) is 3.25. The van der Waals surface area contributed by atoms with Crippen molar-refractivity contribution in [2.45, 2.75) is 20.1 Å². The third kappa shape index (κ3) is 5.37. The Labute approximate surface area is 142 Å². The van der Waals surface area contributed by atoms with Gasteiger partial charge in [0.2, 0.25) is 0 Å². The summed E-state index contributed by atoms with van der Waals surface area (Å²) in [7, 11) is 0. The average Bonchev–Trinajstić information content (AvgIpc) is 2.62. The van der Waals surface area contributed by atoms with Gasteiger partial charge in [0.15, 0.2) is 6.29 Å². The van der Waals surface area contributed by atoms with Crippen molar-refractivity contribution in [1.82, 2.24) is 0 Å². The van der Waals surface area contributed by atoms with E-state index in [0.29, 0.717) is 30.2 Å². The van der Waals surface area contributed by atoms with Gasteiger partial charge in [-0.3, -0.25) is 4.79 Å². The van der Waals surface area contributed by atoms with Crippen molar-refractivity contribution >= 4 is 11.6 Å². The maximum absolute atomic E-state index is 12.3. The van der Waals surface area contributed by atoms with Crippen LogP contribution in [-0.4, -0.2) is 32.0 Å². The Kier molecular flexibility index (Phi) is 7.26. The molecule has 0 unspecified atom stereocenters. The zero-order valence-electron chi connectivity index (χ0n) is 14.0. The van der Waals surface area contributed by atoms with Crippen LogP contribution in [0.1, 0.15) is 24.2 Å². The zero-order valence-corrected chi connectivity index (χ0v) is 14.0. The van der Waals surface area contributed by atoms with Crippen LogP contribution in [0.15, 0.2) is 54.6 Å². The number of carbonyl (C=O) groups excluding carboxylic acids is 1. The predicted octanol–water partition coefficient (Wildman–Crippen LogP) is 3.72. The molecule has 0 aliphatic rings. The van der Waals surface area contributed by atoms with Gasteiger partial charge in [-0.05, 0) is 38.1 Å². The van der Waals surface area contributed by atoms with Crippen molar-refractivity contribution < 1.29 is 19.0 Å². The van der Waals surface area contributed by atoms with Gasteiger partial charge in [-0.2, -0.15) is 0 Å². The summed E-state index contributed by atoms with van der Waals surface area (Å²) in [5.74, 6) is 0.393. The third-order valence-corrected chi connectivity index (χ3v) is 3.25. The minimum Gasteiger partial charge on any atom is -0.486 e. The lowest BCUT2D eigenvalue weighted by molar-refractivity contribution is -0.152. The van der Waals surface area contributed by atoms with E-state index in [4.69, 9.17) is 14.2 Å². The van der Waals surface area contributed by atoms with Crippen LogP contribution >= 0.6 is 0 Å². The van der Waals surface area contributed by atoms with Crippen LogP contribution < -0.4 is 10.1 Å². The monoisotopic (exact) mass is 329 g/mol. The van der Waals surface area contributed by atoms with E-state index in [9.17, 15) is 4.79 Å². The molecule has 0 atom stereocenters. The first-order valence-electron chi connectivity index (χ1n) is 8.06. The lowest BCUT2D eigenvalue weighted by Gasteiger charge is -2.19. The molecule has 0 aliphatic carbocycles. The van der Waals surface area contributed by atoms with Crippen molar-refractivity contribution in [3.05, 3.63) is 60.2 Å². The summed E-state index contributed by atoms with van der Waals surface area (Å²) in [6.07, 6.45) is -0.433. The van der Waals surface area contributed by atoms with E-state index in [0.717, 1.165) is 0 Å². The molecule has 24 heavy (non-hydrogen) atoms. The van der Waals surface area contributed by atoms with Gasteiger partial charge >= 0.3 is 0 Å². The summed E-state index contributed by atoms with van der Waals surface area (Å²) in [4.78, 5) is 12.3. The highest BCUT2D eigenvalue weighted by Crippen LogP contribution is 2.24. The first-order chi connectivity index (χ1) is 11.7. The van der Waals surface area contributed by atoms with Crippen LogP contribution in [0.4, 0.5) is 5.69 Å². The maximum Gasteiger partial charge on any atom is 0.255 e. The Morgan fingerprint density at radius 3 is 2.25 bits per heavy atom. The topological polar surface area (TPSA) is 56.8 Å². The lowest BCUT2D eigenvalue weighted by atomic mass is 10.2. The normalized spacial score (nSPS) is 10.6. The van der Waals surface area contributed by atoms with Gasteiger partial charge in [0.1, 0.15) is 12.4 Å². The molecule has 2 aromatic rings. The minimum atomic E-state index is -0.433. The van der Waals surface area contributed by atoms with Crippen LogP contribution in [0, 0.1) is 0 Å². The molecule has 2 rings (SSSR count). The molecular formula is C19H23NO4. The van der Waals surface area contributed by atoms with E-state index in [1.165, 1.54) is 0 Å². The number of para-hydroxylation sites is 2. The van der Waals surface area contributed by atoms with Crippen LogP contribution in [0.25, 0.3) is 0 Å². The van der Waals surface area contributed by atoms with Crippen LogP contribution in [-0.2, 0) is 9.47 Å². The fourth-order valence-electron chi connectivity index (χ4n) is 2.15. The molecule has 5 nitrogen and oxygen atoms in total. The number of amides is 1. The summed E-state index contributed by atoms with van der Waals surface area (Å²) in [6.45, 7) is 5.14. The fraction of sp³-hybridized carbons (Fsp3) is 0.316. The summed E-state index contributed by atoms with van der Waals surface area (Å²) >= 11 is 0. The van der Waals surface area contributed by atoms with Gasteiger partial charge in [-0.1, -0.05) is 30.3 Å². The summed E-state index contributed by atoms with van der Waals surface area (Å²) in [5, 5.41) is 2.87. The van der Waals surface area contributed by atoms with E-state index < -0.39 is 6.29 Å². The quantitative estimate of drug-likeness (QED) is 0.713. The van der Waals surface area contributed by atoms with Gasteiger partial charge in [0.05, 0.1) is 5.69 Å². The van der Waals surface area contributed by atoms with Gasteiger partial charge in [-0.15, -0.1) is 0 Å². The van der Waals surface area contributed by atoms with Crippen LogP contribution in [0.5, 0.6) is 5.75 Å². The highest BCUT2D eigenvalue weighted by Gasteiger charge is 2.13. The summed E-state index contributed by atoms with van der Waals surface area (Å²) < 4.78 is 16.7. The highest BCUT2D eigenvalue weighted by atomic mass is 16.7. The first-order valence-corrected chi connectivity index (χ1v) is 8.06. The van der Waals surface area contributed by atoms with E-state index >= 15 is 0 Å². The van der Waals surface area contributed by atoms with E-state index in [1.807, 2.05) is 44.2 Å². The molecule has 128 valence electrons. The summed E-state index contributed by atoms with van der Waals surface area (Å²) in [5.41, 5.74) is 1.20. The predicted molar refractivity (Wildman–Crippen MR) is 93.4 cm³/mol. The van der Waals surface area contributed by atoms with Crippen LogP contribution in [0.3, 0.4) is 0 Å². The highest BCUT2D eigenvalue weighted by molar-refractivity contribution is 6.04. The molecule has 0 aliphatic heterocycles. The second-order valence-electron chi connectivity index (χ2n) is 4.97. The number of hydrogen-bond donors (Lipinski definition) is 1. The van der Waals surface area contributed by atoms with Gasteiger partial charge in [0.25, 0.3) is 5.91 Å². The molecule has 0 fully saturated rings. The zero-order chi connectivity index (χ0) is 17.2. The van der Waals surface area contributed by atoms with Crippen molar-refractivity contribution in [1.29, 1.82) is 0 Å². The molecular weight excluding hydrogens is 306 g/mol. The second-order valence-corrected chi connectivity index (χ2v) is 4.97. The number of anilines is 1. The minimum absolute atomic E-state index is 0.183. The Hall–Kier alpha value is -2.37. The number of benzene rings is 2. The Balaban J connectivity index is 2.03. The Bertz CT molecular complexity index is 624. The first kappa shape index (κ1) is 18.0. The largest absolute Gasteiger partial charge is 0.486 e. The lowest BCUT2D eigenvalue weighted by Crippen LogP contribution is -2.25. The maximum atomic E-state index is 12.3. The standard InChI is InChI=1S/C19H23NO4/c1-3-22-18(23-4-2)14-24-17-13-9-8-12-16(17)20-19(21)15-10-6-5-7-11-15/h5-13,18H,3-4,14H2,1-2H3,(H,20,21).